The van der Waals surface area contributed by atoms with E-state index in [0.29, 0.717) is 24.9 Å². The monoisotopic (exact) mass is 331 g/mol. The van der Waals surface area contributed by atoms with Crippen molar-refractivity contribution in [2.75, 3.05) is 30.9 Å². The van der Waals surface area contributed by atoms with Crippen LogP contribution in [-0.4, -0.2) is 37.2 Å². The molecule has 7 N–H and O–H groups in total. The first kappa shape index (κ1) is 17.6. The highest BCUT2D eigenvalue weighted by Crippen LogP contribution is 2.19. The van der Waals surface area contributed by atoms with E-state index in [4.69, 9.17) is 16.2 Å². The van der Waals surface area contributed by atoms with Gasteiger partial charge in [-0.15, -0.1) is 0 Å². The standard InChI is InChI=1S/C16H22N6O2/c1-10-4-3-5-12(6-10)21-15-13(14(18)23)8-20-16(22-15)19-7-11(17)9-24-2/h3-6,8,11H,7,9,17H2,1-2H3,(H2,18,23)(H2,19,20,21,22)/p+1. The first-order valence-electron chi connectivity index (χ1n) is 7.54. The number of methoxy groups -OCH3 is 1. The molecule has 2 aromatic rings. The molecule has 1 aromatic heterocycles. The zero-order valence-corrected chi connectivity index (χ0v) is 13.8. The van der Waals surface area contributed by atoms with Crippen LogP contribution in [0.1, 0.15) is 15.9 Å². The zero-order chi connectivity index (χ0) is 17.5. The average molecular weight is 331 g/mol. The van der Waals surface area contributed by atoms with E-state index in [1.165, 1.54) is 6.20 Å². The Morgan fingerprint density at radius 3 is 2.92 bits per heavy atom. The number of primary amides is 1. The van der Waals surface area contributed by atoms with Crippen molar-refractivity contribution in [1.29, 1.82) is 0 Å². The summed E-state index contributed by atoms with van der Waals surface area (Å²) in [4.78, 5) is 18.9. The van der Waals surface area contributed by atoms with Gasteiger partial charge in [0.2, 0.25) is 5.82 Å². The van der Waals surface area contributed by atoms with Crippen LogP contribution in [0, 0.1) is 6.92 Å². The molecule has 0 fully saturated rings. The Balaban J connectivity index is 2.20. The summed E-state index contributed by atoms with van der Waals surface area (Å²) in [7, 11) is 1.59. The molecule has 0 bridgehead atoms. The lowest BCUT2D eigenvalue weighted by molar-refractivity contribution is -0.365. The van der Waals surface area contributed by atoms with Gasteiger partial charge in [0.25, 0.3) is 5.91 Å². The van der Waals surface area contributed by atoms with Gasteiger partial charge in [0.15, 0.2) is 0 Å². The van der Waals surface area contributed by atoms with Gasteiger partial charge in [0.1, 0.15) is 5.56 Å². The predicted molar refractivity (Wildman–Crippen MR) is 92.1 cm³/mol. The number of aromatic nitrogens is 2. The molecular weight excluding hydrogens is 308 g/mol. The molecule has 1 heterocycles. The van der Waals surface area contributed by atoms with Gasteiger partial charge >= 0.3 is 5.95 Å². The number of benzene rings is 1. The molecule has 0 saturated carbocycles. The molecule has 1 aromatic carbocycles. The molecule has 1 amide bonds. The normalized spacial score (nSPS) is 11.8. The molecule has 1 atom stereocenters. The lowest BCUT2D eigenvalue weighted by Crippen LogP contribution is -2.35. The SMILES string of the molecule is COCC(N)CNc1nc(Nc2cccc(C)c2)c(C(N)=O)c[nH+]1. The maximum absolute atomic E-state index is 11.6. The molecule has 0 saturated heterocycles. The molecule has 0 aliphatic heterocycles. The largest absolute Gasteiger partial charge is 0.391 e. The summed E-state index contributed by atoms with van der Waals surface area (Å²) in [6.07, 6.45) is 1.51. The molecule has 128 valence electrons. The van der Waals surface area contributed by atoms with E-state index in [-0.39, 0.29) is 11.6 Å². The Labute approximate surface area is 140 Å². The number of nitrogens with zero attached hydrogens (tertiary/aromatic N) is 1. The van der Waals surface area contributed by atoms with Crippen molar-refractivity contribution in [2.45, 2.75) is 13.0 Å². The average Bonchev–Trinajstić information content (AvgIpc) is 2.53. The molecule has 8 nitrogen and oxygen atoms in total. The Hall–Kier alpha value is -2.71. The molecule has 0 radical (unpaired) electrons. The third-order valence-electron chi connectivity index (χ3n) is 3.29. The van der Waals surface area contributed by atoms with E-state index < -0.39 is 5.91 Å². The zero-order valence-electron chi connectivity index (χ0n) is 13.8. The molecule has 2 rings (SSSR count). The third kappa shape index (κ3) is 4.90. The number of anilines is 3. The topological polar surface area (TPSA) is 129 Å². The summed E-state index contributed by atoms with van der Waals surface area (Å²) < 4.78 is 4.99. The Morgan fingerprint density at radius 2 is 2.25 bits per heavy atom. The van der Waals surface area contributed by atoms with Crippen molar-refractivity contribution in [3.05, 3.63) is 41.6 Å². The Kier molecular flexibility index (Phi) is 6.05. The van der Waals surface area contributed by atoms with E-state index in [1.807, 2.05) is 31.2 Å². The van der Waals surface area contributed by atoms with Crippen molar-refractivity contribution >= 4 is 23.4 Å². The van der Waals surface area contributed by atoms with Crippen molar-refractivity contribution in [2.24, 2.45) is 11.5 Å². The number of amides is 1. The summed E-state index contributed by atoms with van der Waals surface area (Å²) in [6, 6.07) is 7.56. The first-order valence-corrected chi connectivity index (χ1v) is 7.54. The highest BCUT2D eigenvalue weighted by atomic mass is 16.5. The number of aromatic amines is 1. The van der Waals surface area contributed by atoms with Crippen LogP contribution in [0.4, 0.5) is 17.5 Å². The van der Waals surface area contributed by atoms with E-state index in [1.54, 1.807) is 7.11 Å². The number of rotatable bonds is 8. The maximum Gasteiger partial charge on any atom is 0.391 e. The molecule has 24 heavy (non-hydrogen) atoms. The van der Waals surface area contributed by atoms with Crippen molar-refractivity contribution < 1.29 is 14.5 Å². The molecule has 8 heteroatoms. The number of ether oxygens (including phenoxy) is 1. The van der Waals surface area contributed by atoms with Gasteiger partial charge in [-0.3, -0.25) is 10.1 Å². The minimum absolute atomic E-state index is 0.172. The Bertz CT molecular complexity index is 707. The number of carbonyl (C=O) groups excluding carboxylic acids is 1. The summed E-state index contributed by atoms with van der Waals surface area (Å²) >= 11 is 0. The van der Waals surface area contributed by atoms with E-state index >= 15 is 0 Å². The van der Waals surface area contributed by atoms with E-state index in [2.05, 4.69) is 20.6 Å². The molecule has 0 aliphatic carbocycles. The van der Waals surface area contributed by atoms with Gasteiger partial charge in [-0.05, 0) is 24.6 Å². The number of H-pyrrole nitrogens is 1. The molecular formula is C16H23N6O2+. The highest BCUT2D eigenvalue weighted by Gasteiger charge is 2.18. The second kappa shape index (κ2) is 8.23. The van der Waals surface area contributed by atoms with E-state index in [9.17, 15) is 4.79 Å². The second-order valence-electron chi connectivity index (χ2n) is 5.47. The minimum Gasteiger partial charge on any atom is -0.383 e. The Morgan fingerprint density at radius 1 is 1.46 bits per heavy atom. The van der Waals surface area contributed by atoms with Crippen LogP contribution < -0.4 is 27.1 Å². The number of hydrogen-bond acceptors (Lipinski definition) is 6. The lowest BCUT2D eigenvalue weighted by Gasteiger charge is -2.09. The summed E-state index contributed by atoms with van der Waals surface area (Å²) in [5, 5.41) is 6.19. The van der Waals surface area contributed by atoms with Gasteiger partial charge in [-0.25, -0.2) is 4.98 Å². The van der Waals surface area contributed by atoms with Crippen LogP contribution in [0.5, 0.6) is 0 Å². The summed E-state index contributed by atoms with van der Waals surface area (Å²) in [5.41, 5.74) is 13.5. The predicted octanol–water partition coefficient (Wildman–Crippen LogP) is 0.432. The highest BCUT2D eigenvalue weighted by molar-refractivity contribution is 5.97. The van der Waals surface area contributed by atoms with Crippen LogP contribution in [0.3, 0.4) is 0 Å². The lowest BCUT2D eigenvalue weighted by atomic mass is 10.2. The van der Waals surface area contributed by atoms with Crippen molar-refractivity contribution in [3.63, 3.8) is 0 Å². The molecule has 0 spiro atoms. The number of nitrogens with one attached hydrogen (secondary N) is 3. The van der Waals surface area contributed by atoms with E-state index in [0.717, 1.165) is 11.3 Å². The first-order chi connectivity index (χ1) is 11.5. The minimum atomic E-state index is -0.573. The summed E-state index contributed by atoms with van der Waals surface area (Å²) in [6.45, 7) is 2.88. The second-order valence-corrected chi connectivity index (χ2v) is 5.47. The van der Waals surface area contributed by atoms with Crippen LogP contribution in [-0.2, 0) is 4.74 Å². The van der Waals surface area contributed by atoms with Crippen molar-refractivity contribution in [3.8, 4) is 0 Å². The summed E-state index contributed by atoms with van der Waals surface area (Å²) in [5.74, 6) is 0.271. The number of nitrogens with two attached hydrogens (primary N) is 2. The molecule has 1 unspecified atom stereocenters. The third-order valence-corrected chi connectivity index (χ3v) is 3.29. The fraction of sp³-hybridized carbons (Fsp3) is 0.312. The van der Waals surface area contributed by atoms with Crippen LogP contribution in [0.15, 0.2) is 30.5 Å². The van der Waals surface area contributed by atoms with Gasteiger partial charge in [-0.1, -0.05) is 17.1 Å². The van der Waals surface area contributed by atoms with Crippen molar-refractivity contribution in [1.82, 2.24) is 4.98 Å². The van der Waals surface area contributed by atoms with Crippen LogP contribution in [0.2, 0.25) is 0 Å². The number of carbonyl (C=O) groups is 1. The quantitative estimate of drug-likeness (QED) is 0.555. The van der Waals surface area contributed by atoms with Crippen LogP contribution >= 0.6 is 0 Å². The smallest absolute Gasteiger partial charge is 0.383 e. The number of aryl methyl sites for hydroxylation is 1. The van der Waals surface area contributed by atoms with Gasteiger partial charge in [0.05, 0.1) is 25.4 Å². The van der Waals surface area contributed by atoms with Crippen LogP contribution in [0.25, 0.3) is 0 Å². The fourth-order valence-corrected chi connectivity index (χ4v) is 2.15. The fourth-order valence-electron chi connectivity index (χ4n) is 2.15. The number of hydrogen-bond donors (Lipinski definition) is 4. The van der Waals surface area contributed by atoms with Gasteiger partial charge in [0, 0.05) is 12.8 Å². The maximum atomic E-state index is 11.6. The van der Waals surface area contributed by atoms with Gasteiger partial charge in [-0.2, -0.15) is 0 Å². The molecule has 0 aliphatic rings. The van der Waals surface area contributed by atoms with Gasteiger partial charge < -0.3 is 21.5 Å².